The van der Waals surface area contributed by atoms with E-state index in [9.17, 15) is 14.9 Å². The highest BCUT2D eigenvalue weighted by Crippen LogP contribution is 2.21. The summed E-state index contributed by atoms with van der Waals surface area (Å²) < 4.78 is 5.20. The van der Waals surface area contributed by atoms with Crippen LogP contribution in [0.1, 0.15) is 12.0 Å². The highest BCUT2D eigenvalue weighted by Gasteiger charge is 2.16. The number of aryl methyl sites for hydroxylation is 1. The lowest BCUT2D eigenvalue weighted by Gasteiger charge is -2.27. The summed E-state index contributed by atoms with van der Waals surface area (Å²) in [5, 5.41) is 13.9. The van der Waals surface area contributed by atoms with Crippen LogP contribution in [0.15, 0.2) is 18.2 Å². The Hall–Kier alpha value is -2.15. The normalized spacial score (nSPS) is 14.8. The van der Waals surface area contributed by atoms with E-state index >= 15 is 0 Å². The van der Waals surface area contributed by atoms with Gasteiger partial charge in [-0.1, -0.05) is 6.07 Å². The number of anilines is 1. The van der Waals surface area contributed by atoms with Crippen LogP contribution < -0.4 is 5.32 Å². The fourth-order valence-electron chi connectivity index (χ4n) is 2.19. The number of benzene rings is 1. The van der Waals surface area contributed by atoms with Gasteiger partial charge >= 0.3 is 0 Å². The number of morpholine rings is 1. The van der Waals surface area contributed by atoms with Crippen molar-refractivity contribution in [2.75, 3.05) is 38.2 Å². The van der Waals surface area contributed by atoms with Crippen LogP contribution in [0.4, 0.5) is 11.4 Å². The molecule has 0 unspecified atom stereocenters. The highest BCUT2D eigenvalue weighted by atomic mass is 16.6. The molecule has 1 aromatic rings. The van der Waals surface area contributed by atoms with Crippen molar-refractivity contribution in [3.63, 3.8) is 0 Å². The van der Waals surface area contributed by atoms with Crippen LogP contribution in [0.5, 0.6) is 0 Å². The van der Waals surface area contributed by atoms with Gasteiger partial charge in [0.05, 0.1) is 18.1 Å². The molecule has 1 N–H and O–H groups in total. The molecule has 2 rings (SSSR count). The zero-order valence-electron chi connectivity index (χ0n) is 12.0. The Kier molecular flexibility index (Phi) is 5.10. The molecular formula is C14H19N3O4. The first-order chi connectivity index (χ1) is 10.1. The van der Waals surface area contributed by atoms with E-state index in [1.165, 1.54) is 12.1 Å². The Labute approximate surface area is 123 Å². The molecule has 1 saturated heterocycles. The zero-order chi connectivity index (χ0) is 15.2. The fourth-order valence-corrected chi connectivity index (χ4v) is 2.19. The maximum absolute atomic E-state index is 12.0. The second-order valence-electron chi connectivity index (χ2n) is 4.93. The summed E-state index contributed by atoms with van der Waals surface area (Å²) >= 11 is 0. The van der Waals surface area contributed by atoms with Crippen LogP contribution in [0.2, 0.25) is 0 Å². The van der Waals surface area contributed by atoms with E-state index in [-0.39, 0.29) is 11.6 Å². The number of nitro benzene ring substituents is 1. The van der Waals surface area contributed by atoms with Crippen LogP contribution in [0.25, 0.3) is 0 Å². The molecule has 0 radical (unpaired) electrons. The second kappa shape index (κ2) is 7.03. The minimum absolute atomic E-state index is 0.0441. The van der Waals surface area contributed by atoms with Crippen molar-refractivity contribution in [2.45, 2.75) is 13.3 Å². The average molecular weight is 293 g/mol. The van der Waals surface area contributed by atoms with Crippen LogP contribution in [-0.2, 0) is 9.53 Å². The van der Waals surface area contributed by atoms with Crippen molar-refractivity contribution in [2.24, 2.45) is 0 Å². The Morgan fingerprint density at radius 1 is 1.43 bits per heavy atom. The van der Waals surface area contributed by atoms with Gasteiger partial charge in [-0.2, -0.15) is 0 Å². The maximum Gasteiger partial charge on any atom is 0.271 e. The maximum atomic E-state index is 12.0. The number of ether oxygens (including phenoxy) is 1. The van der Waals surface area contributed by atoms with Gasteiger partial charge in [-0.15, -0.1) is 0 Å². The Balaban J connectivity index is 1.86. The topological polar surface area (TPSA) is 84.7 Å². The van der Waals surface area contributed by atoms with E-state index in [0.29, 0.717) is 45.0 Å². The number of nitrogens with one attached hydrogen (secondary N) is 1. The van der Waals surface area contributed by atoms with E-state index < -0.39 is 4.92 Å². The highest BCUT2D eigenvalue weighted by molar-refractivity contribution is 5.77. The summed E-state index contributed by atoms with van der Waals surface area (Å²) in [6.45, 7) is 4.77. The third kappa shape index (κ3) is 4.16. The molecule has 0 aliphatic carbocycles. The summed E-state index contributed by atoms with van der Waals surface area (Å²) in [5.74, 6) is 0.0777. The minimum Gasteiger partial charge on any atom is -0.384 e. The smallest absolute Gasteiger partial charge is 0.271 e. The fraction of sp³-hybridized carbons (Fsp3) is 0.500. The Bertz CT molecular complexity index is 527. The Morgan fingerprint density at radius 3 is 2.81 bits per heavy atom. The molecule has 114 valence electrons. The average Bonchev–Trinajstić information content (AvgIpc) is 2.49. The van der Waals surface area contributed by atoms with Crippen LogP contribution in [-0.4, -0.2) is 48.6 Å². The van der Waals surface area contributed by atoms with Gasteiger partial charge in [-0.05, 0) is 12.5 Å². The number of hydrogen-bond acceptors (Lipinski definition) is 5. The van der Waals surface area contributed by atoms with Crippen LogP contribution in [0, 0.1) is 17.0 Å². The molecule has 1 fully saturated rings. The van der Waals surface area contributed by atoms with E-state index in [0.717, 1.165) is 5.56 Å². The largest absolute Gasteiger partial charge is 0.384 e. The van der Waals surface area contributed by atoms with Gasteiger partial charge in [0.15, 0.2) is 0 Å². The molecule has 0 spiro atoms. The van der Waals surface area contributed by atoms with Crippen molar-refractivity contribution in [1.82, 2.24) is 4.90 Å². The summed E-state index contributed by atoms with van der Waals surface area (Å²) in [6.07, 6.45) is 0.363. The van der Waals surface area contributed by atoms with Crippen molar-refractivity contribution in [1.29, 1.82) is 0 Å². The van der Waals surface area contributed by atoms with Crippen molar-refractivity contribution in [3.05, 3.63) is 33.9 Å². The third-order valence-corrected chi connectivity index (χ3v) is 3.45. The SMILES string of the molecule is Cc1ccc([N+](=O)[O-])cc1NCCC(=O)N1CCOCC1. The number of amides is 1. The molecule has 1 amide bonds. The summed E-state index contributed by atoms with van der Waals surface area (Å²) in [4.78, 5) is 24.1. The predicted molar refractivity (Wildman–Crippen MR) is 78.3 cm³/mol. The Morgan fingerprint density at radius 2 is 2.14 bits per heavy atom. The number of carbonyl (C=O) groups is 1. The summed E-state index contributed by atoms with van der Waals surface area (Å²) in [5.41, 5.74) is 1.65. The standard InChI is InChI=1S/C14H19N3O4/c1-11-2-3-12(17(19)20)10-13(11)15-5-4-14(18)16-6-8-21-9-7-16/h2-3,10,15H,4-9H2,1H3. The number of nitro groups is 1. The minimum atomic E-state index is -0.427. The predicted octanol–water partition coefficient (Wildman–Crippen LogP) is 1.56. The van der Waals surface area contributed by atoms with E-state index in [4.69, 9.17) is 4.74 Å². The first-order valence-corrected chi connectivity index (χ1v) is 6.92. The van der Waals surface area contributed by atoms with Gasteiger partial charge in [0.1, 0.15) is 0 Å². The number of non-ortho nitro benzene ring substituents is 1. The molecule has 21 heavy (non-hydrogen) atoms. The van der Waals surface area contributed by atoms with E-state index in [1.807, 2.05) is 6.92 Å². The number of nitrogens with zero attached hydrogens (tertiary/aromatic N) is 2. The molecule has 7 nitrogen and oxygen atoms in total. The number of rotatable bonds is 5. The van der Waals surface area contributed by atoms with Gasteiger partial charge in [0.2, 0.25) is 5.91 Å². The first-order valence-electron chi connectivity index (χ1n) is 6.92. The second-order valence-corrected chi connectivity index (χ2v) is 4.93. The molecule has 0 aromatic heterocycles. The van der Waals surface area contributed by atoms with Gasteiger partial charge in [-0.25, -0.2) is 0 Å². The van der Waals surface area contributed by atoms with E-state index in [1.54, 1.807) is 11.0 Å². The van der Waals surface area contributed by atoms with Gasteiger partial charge in [0, 0.05) is 43.9 Å². The molecule has 1 aliphatic heterocycles. The molecule has 0 bridgehead atoms. The quantitative estimate of drug-likeness (QED) is 0.658. The lowest BCUT2D eigenvalue weighted by atomic mass is 10.2. The van der Waals surface area contributed by atoms with Crippen molar-refractivity contribution >= 4 is 17.3 Å². The van der Waals surface area contributed by atoms with Gasteiger partial charge in [-0.3, -0.25) is 14.9 Å². The van der Waals surface area contributed by atoms with E-state index in [2.05, 4.69) is 5.32 Å². The molecule has 1 aliphatic rings. The van der Waals surface area contributed by atoms with Crippen molar-refractivity contribution < 1.29 is 14.5 Å². The van der Waals surface area contributed by atoms with Crippen LogP contribution in [0.3, 0.4) is 0 Å². The zero-order valence-corrected chi connectivity index (χ0v) is 12.0. The number of hydrogen-bond donors (Lipinski definition) is 1. The molecule has 7 heteroatoms. The third-order valence-electron chi connectivity index (χ3n) is 3.45. The summed E-state index contributed by atoms with van der Waals surface area (Å²) in [7, 11) is 0. The summed E-state index contributed by atoms with van der Waals surface area (Å²) in [6, 6.07) is 4.66. The monoisotopic (exact) mass is 293 g/mol. The molecule has 1 aromatic carbocycles. The lowest BCUT2D eigenvalue weighted by molar-refractivity contribution is -0.384. The van der Waals surface area contributed by atoms with Gasteiger partial charge < -0.3 is 15.0 Å². The van der Waals surface area contributed by atoms with Crippen LogP contribution >= 0.6 is 0 Å². The molecular weight excluding hydrogens is 274 g/mol. The lowest BCUT2D eigenvalue weighted by Crippen LogP contribution is -2.41. The number of carbonyl (C=O) groups excluding carboxylic acids is 1. The molecule has 1 heterocycles. The van der Waals surface area contributed by atoms with Gasteiger partial charge in [0.25, 0.3) is 5.69 Å². The molecule has 0 atom stereocenters. The molecule has 0 saturated carbocycles. The van der Waals surface area contributed by atoms with Crippen molar-refractivity contribution in [3.8, 4) is 0 Å². The first kappa shape index (κ1) is 15.2.